The first-order valence-electron chi connectivity index (χ1n) is 6.76. The van der Waals surface area contributed by atoms with Crippen LogP contribution in [0.3, 0.4) is 0 Å². The number of hydrogen-bond donors (Lipinski definition) is 1. The highest BCUT2D eigenvalue weighted by atomic mass is 32.1. The van der Waals surface area contributed by atoms with Crippen LogP contribution in [0.25, 0.3) is 0 Å². The number of benzene rings is 1. The second kappa shape index (κ2) is 7.75. The fourth-order valence-corrected chi connectivity index (χ4v) is 2.66. The Labute approximate surface area is 127 Å². The van der Waals surface area contributed by atoms with Crippen LogP contribution in [0.15, 0.2) is 40.5 Å². The number of hydroxylamine groups is 1. The molecule has 0 spiro atoms. The molecule has 0 aliphatic rings. The third-order valence-corrected chi connectivity index (χ3v) is 3.91. The van der Waals surface area contributed by atoms with Crippen molar-refractivity contribution in [3.05, 3.63) is 56.6 Å². The molecule has 0 aliphatic heterocycles. The van der Waals surface area contributed by atoms with Gasteiger partial charge in [-0.2, -0.15) is 0 Å². The summed E-state index contributed by atoms with van der Waals surface area (Å²) >= 11 is 1.18. The zero-order valence-electron chi connectivity index (χ0n) is 11.9. The molecule has 0 bridgehead atoms. The molecule has 5 nitrogen and oxygen atoms in total. The van der Waals surface area contributed by atoms with Gasteiger partial charge < -0.3 is 4.57 Å². The molecule has 21 heavy (non-hydrogen) atoms. The minimum absolute atomic E-state index is 0.0215. The molecule has 1 N–H and O–H groups in total. The van der Waals surface area contributed by atoms with Crippen molar-refractivity contribution in [2.45, 2.75) is 32.9 Å². The predicted molar refractivity (Wildman–Crippen MR) is 81.9 cm³/mol. The molecule has 0 saturated carbocycles. The molecule has 2 rings (SSSR count). The molecule has 6 heteroatoms. The molecule has 1 aromatic heterocycles. The lowest BCUT2D eigenvalue weighted by Gasteiger charge is -2.07. The quantitative estimate of drug-likeness (QED) is 0.798. The van der Waals surface area contributed by atoms with E-state index in [4.69, 9.17) is 4.84 Å². The average molecular weight is 306 g/mol. The molecule has 0 fully saturated rings. The fourth-order valence-electron chi connectivity index (χ4n) is 1.90. The normalized spacial score (nSPS) is 10.5. The number of amides is 1. The van der Waals surface area contributed by atoms with Crippen LogP contribution in [0.1, 0.15) is 24.1 Å². The zero-order valence-corrected chi connectivity index (χ0v) is 12.7. The smallest absolute Gasteiger partial charge is 0.303 e. The molecule has 0 unspecified atom stereocenters. The number of carbonyl (C=O) groups is 1. The van der Waals surface area contributed by atoms with Crippen LogP contribution in [-0.4, -0.2) is 10.5 Å². The van der Waals surface area contributed by atoms with Crippen molar-refractivity contribution in [1.29, 1.82) is 0 Å². The van der Waals surface area contributed by atoms with Crippen molar-refractivity contribution in [3.63, 3.8) is 0 Å². The summed E-state index contributed by atoms with van der Waals surface area (Å²) in [4.78, 5) is 28.3. The van der Waals surface area contributed by atoms with Crippen LogP contribution in [-0.2, 0) is 22.8 Å². The highest BCUT2D eigenvalue weighted by Crippen LogP contribution is 2.03. The zero-order chi connectivity index (χ0) is 15.1. The first-order chi connectivity index (χ1) is 10.2. The van der Waals surface area contributed by atoms with E-state index in [-0.39, 0.29) is 10.8 Å². The van der Waals surface area contributed by atoms with E-state index in [0.29, 0.717) is 26.0 Å². The molecule has 112 valence electrons. The van der Waals surface area contributed by atoms with Crippen molar-refractivity contribution in [2.24, 2.45) is 0 Å². The Bertz CT molecular complexity index is 634. The fraction of sp³-hybridized carbons (Fsp3) is 0.333. The van der Waals surface area contributed by atoms with E-state index < -0.39 is 0 Å². The van der Waals surface area contributed by atoms with Crippen LogP contribution < -0.4 is 10.4 Å². The summed E-state index contributed by atoms with van der Waals surface area (Å²) in [7, 11) is 0. The van der Waals surface area contributed by atoms with Crippen molar-refractivity contribution in [3.8, 4) is 0 Å². The molecule has 1 aromatic carbocycles. The third kappa shape index (κ3) is 4.84. The van der Waals surface area contributed by atoms with Gasteiger partial charge in [-0.25, -0.2) is 5.48 Å². The van der Waals surface area contributed by atoms with Gasteiger partial charge in [-0.3, -0.25) is 14.4 Å². The summed E-state index contributed by atoms with van der Waals surface area (Å²) in [6.45, 7) is 2.79. The van der Waals surface area contributed by atoms with E-state index in [1.807, 2.05) is 42.6 Å². The van der Waals surface area contributed by atoms with E-state index >= 15 is 0 Å². The van der Waals surface area contributed by atoms with E-state index in [1.165, 1.54) is 11.3 Å². The monoisotopic (exact) mass is 306 g/mol. The standard InChI is InChI=1S/C15H18N2O3S/c1-12-11-21-15(19)17(12)9-5-8-14(18)16-20-10-13-6-3-2-4-7-13/h2-4,6-7,11H,5,8-10H2,1H3,(H,16,18). The van der Waals surface area contributed by atoms with Crippen LogP contribution in [0.2, 0.25) is 0 Å². The second-order valence-corrected chi connectivity index (χ2v) is 5.52. The van der Waals surface area contributed by atoms with Crippen LogP contribution in [0.4, 0.5) is 0 Å². The Morgan fingerprint density at radius 2 is 2.10 bits per heavy atom. The molecule has 2 aromatic rings. The van der Waals surface area contributed by atoms with Crippen LogP contribution >= 0.6 is 11.3 Å². The summed E-state index contributed by atoms with van der Waals surface area (Å²) in [6, 6.07) is 9.62. The minimum Gasteiger partial charge on any atom is -0.303 e. The molecule has 0 aliphatic carbocycles. The molecule has 1 amide bonds. The molecule has 0 radical (unpaired) electrons. The summed E-state index contributed by atoms with van der Waals surface area (Å²) in [5.41, 5.74) is 4.35. The van der Waals surface area contributed by atoms with Gasteiger partial charge in [0.1, 0.15) is 0 Å². The van der Waals surface area contributed by atoms with E-state index in [0.717, 1.165) is 11.3 Å². The van der Waals surface area contributed by atoms with Gasteiger partial charge in [0.25, 0.3) is 0 Å². The van der Waals surface area contributed by atoms with Gasteiger partial charge in [0, 0.05) is 24.0 Å². The van der Waals surface area contributed by atoms with Gasteiger partial charge in [0.2, 0.25) is 5.91 Å². The number of rotatable bonds is 7. The number of carbonyl (C=O) groups excluding carboxylic acids is 1. The molecule has 0 atom stereocenters. The number of nitrogens with one attached hydrogen (secondary N) is 1. The van der Waals surface area contributed by atoms with Gasteiger partial charge in [0.15, 0.2) is 0 Å². The molecule has 1 heterocycles. The van der Waals surface area contributed by atoms with Gasteiger partial charge in [-0.05, 0) is 18.9 Å². The maximum atomic E-state index is 11.6. The number of aryl methyl sites for hydroxylation is 1. The number of thiazole rings is 1. The van der Waals surface area contributed by atoms with Crippen molar-refractivity contribution < 1.29 is 9.63 Å². The summed E-state index contributed by atoms with van der Waals surface area (Å²) < 4.78 is 1.68. The maximum Gasteiger partial charge on any atom is 0.307 e. The van der Waals surface area contributed by atoms with Gasteiger partial charge in [-0.15, -0.1) is 0 Å². The first kappa shape index (κ1) is 15.5. The minimum atomic E-state index is -0.174. The summed E-state index contributed by atoms with van der Waals surface area (Å²) in [6.07, 6.45) is 0.939. The highest BCUT2D eigenvalue weighted by molar-refractivity contribution is 7.07. The summed E-state index contributed by atoms with van der Waals surface area (Å²) in [5.74, 6) is -0.174. The van der Waals surface area contributed by atoms with Crippen LogP contribution in [0, 0.1) is 6.92 Å². The Morgan fingerprint density at radius 3 is 2.76 bits per heavy atom. The van der Waals surface area contributed by atoms with E-state index in [2.05, 4.69) is 5.48 Å². The number of aromatic nitrogens is 1. The van der Waals surface area contributed by atoms with Gasteiger partial charge >= 0.3 is 4.87 Å². The van der Waals surface area contributed by atoms with Crippen LogP contribution in [0.5, 0.6) is 0 Å². The topological polar surface area (TPSA) is 60.3 Å². The predicted octanol–water partition coefficient (Wildman–Crippen LogP) is 2.25. The van der Waals surface area contributed by atoms with Gasteiger partial charge in [-0.1, -0.05) is 41.7 Å². The first-order valence-corrected chi connectivity index (χ1v) is 7.64. The van der Waals surface area contributed by atoms with Crippen molar-refractivity contribution >= 4 is 17.2 Å². The highest BCUT2D eigenvalue weighted by Gasteiger charge is 2.05. The largest absolute Gasteiger partial charge is 0.307 e. The maximum absolute atomic E-state index is 11.6. The average Bonchev–Trinajstić information content (AvgIpc) is 2.80. The summed E-state index contributed by atoms with van der Waals surface area (Å²) in [5, 5.41) is 1.82. The van der Waals surface area contributed by atoms with E-state index in [1.54, 1.807) is 4.57 Å². The molecular formula is C15H18N2O3S. The Kier molecular flexibility index (Phi) is 5.71. The lowest BCUT2D eigenvalue weighted by Crippen LogP contribution is -2.24. The lowest BCUT2D eigenvalue weighted by atomic mass is 10.2. The number of nitrogens with zero attached hydrogens (tertiary/aromatic N) is 1. The number of hydrogen-bond acceptors (Lipinski definition) is 4. The Morgan fingerprint density at radius 1 is 1.33 bits per heavy atom. The third-order valence-electron chi connectivity index (χ3n) is 3.03. The SMILES string of the molecule is Cc1csc(=O)n1CCCC(=O)NOCc1ccccc1. The second-order valence-electron chi connectivity index (χ2n) is 4.70. The molecular weight excluding hydrogens is 288 g/mol. The molecule has 0 saturated heterocycles. The lowest BCUT2D eigenvalue weighted by molar-refractivity contribution is -0.134. The van der Waals surface area contributed by atoms with Gasteiger partial charge in [0.05, 0.1) is 6.61 Å². The van der Waals surface area contributed by atoms with Crippen molar-refractivity contribution in [1.82, 2.24) is 10.0 Å². The Balaban J connectivity index is 1.65. The van der Waals surface area contributed by atoms with E-state index in [9.17, 15) is 9.59 Å². The Hall–Kier alpha value is -1.92. The van der Waals surface area contributed by atoms with Crippen molar-refractivity contribution in [2.75, 3.05) is 0 Å².